The van der Waals surface area contributed by atoms with Gasteiger partial charge in [0.1, 0.15) is 12.6 Å². The first kappa shape index (κ1) is 36.9. The fraction of sp³-hybridized carbons (Fsp3) is 0.400. The molecule has 44 heavy (non-hydrogen) atoms. The summed E-state index contributed by atoms with van der Waals surface area (Å²) in [7, 11) is 0. The highest BCUT2D eigenvalue weighted by Gasteiger charge is 2.36. The van der Waals surface area contributed by atoms with Crippen LogP contribution in [0.15, 0.2) is 11.1 Å². The van der Waals surface area contributed by atoms with E-state index in [9.17, 15) is 58.8 Å². The maximum atomic E-state index is 13.3. The molecule has 0 aliphatic heterocycles. The Labute approximate surface area is 253 Å². The quantitative estimate of drug-likeness (QED) is 0.196. The van der Waals surface area contributed by atoms with Crippen LogP contribution in [-0.2, 0) is 19.2 Å². The lowest BCUT2D eigenvalue weighted by Gasteiger charge is -2.34. The molecule has 1 aromatic carbocycles. The van der Waals surface area contributed by atoms with E-state index in [-0.39, 0.29) is 11.1 Å². The molecule has 0 aliphatic carbocycles. The van der Waals surface area contributed by atoms with Gasteiger partial charge in [-0.1, -0.05) is 0 Å². The van der Waals surface area contributed by atoms with Crippen LogP contribution in [0, 0.1) is 0 Å². The van der Waals surface area contributed by atoms with Crippen molar-refractivity contribution in [3.05, 3.63) is 44.5 Å². The van der Waals surface area contributed by atoms with Crippen molar-refractivity contribution in [3.8, 4) is 0 Å². The zero-order valence-corrected chi connectivity index (χ0v) is 25.7. The molecule has 1 rings (SSSR count). The van der Waals surface area contributed by atoms with Crippen molar-refractivity contribution in [1.29, 1.82) is 0 Å². The lowest BCUT2D eigenvalue weighted by molar-refractivity contribution is -0.134. The molecule has 0 heterocycles. The number of carbonyl (C=O) groups is 8. The summed E-state index contributed by atoms with van der Waals surface area (Å²) >= 11 is 0. The van der Waals surface area contributed by atoms with E-state index < -0.39 is 93.2 Å². The van der Waals surface area contributed by atoms with E-state index in [0.717, 1.165) is 35.8 Å². The van der Waals surface area contributed by atoms with Gasteiger partial charge in [0.25, 0.3) is 0 Å². The van der Waals surface area contributed by atoms with Crippen LogP contribution in [0.25, 0.3) is 12.2 Å². The topological polar surface area (TPSA) is 224 Å². The minimum Gasteiger partial charge on any atom is -0.478 e. The maximum absolute atomic E-state index is 13.3. The SMILES string of the molecule is CC(=Cc1c(C(=O)O)c(C(=O)O)c(C=C(C)C(=O)N(CC=O)C(C)(C)C)c(C(=O)O)c1C(=O)O)C(=O)N(CC=O)C(C)(C)C. The van der Waals surface area contributed by atoms with Gasteiger partial charge in [-0.05, 0) is 67.5 Å². The Balaban J connectivity index is 4.45. The van der Waals surface area contributed by atoms with Crippen molar-refractivity contribution < 1.29 is 58.8 Å². The van der Waals surface area contributed by atoms with E-state index in [1.807, 2.05) is 0 Å². The van der Waals surface area contributed by atoms with Crippen molar-refractivity contribution >= 4 is 60.4 Å². The van der Waals surface area contributed by atoms with Gasteiger partial charge in [-0.15, -0.1) is 0 Å². The number of nitrogens with zero attached hydrogens (tertiary/aromatic N) is 2. The fourth-order valence-electron chi connectivity index (χ4n) is 4.42. The third kappa shape index (κ3) is 8.02. The summed E-state index contributed by atoms with van der Waals surface area (Å²) in [6.07, 6.45) is 2.37. The number of rotatable bonds is 12. The monoisotopic (exact) mass is 616 g/mol. The Hall–Kier alpha value is -5.14. The minimum atomic E-state index is -1.97. The molecule has 0 radical (unpaired) electrons. The van der Waals surface area contributed by atoms with Crippen molar-refractivity contribution in [1.82, 2.24) is 9.80 Å². The standard InChI is InChI=1S/C30H36N2O12/c1-15(23(35)31(9-11-33)29(3,4)5)13-17-19(25(37)38)21(27(41)42)18(22(28(43)44)20(17)26(39)40)14-16(2)24(36)32(10-12-34)30(6,7)8/h11-14H,9-10H2,1-8H3,(H,37,38)(H,39,40)(H,41,42)(H,43,44). The summed E-state index contributed by atoms with van der Waals surface area (Å²) < 4.78 is 0. The van der Waals surface area contributed by atoms with Crippen LogP contribution < -0.4 is 0 Å². The Bertz CT molecular complexity index is 1320. The summed E-state index contributed by atoms with van der Waals surface area (Å²) in [4.78, 5) is 101. The molecule has 0 saturated carbocycles. The van der Waals surface area contributed by atoms with Crippen LogP contribution in [-0.4, -0.2) is 103 Å². The first-order valence-electron chi connectivity index (χ1n) is 13.1. The highest BCUT2D eigenvalue weighted by atomic mass is 16.4. The number of hydrogen-bond donors (Lipinski definition) is 4. The molecule has 4 N–H and O–H groups in total. The lowest BCUT2D eigenvalue weighted by atomic mass is 9.84. The third-order valence-electron chi connectivity index (χ3n) is 6.45. The van der Waals surface area contributed by atoms with Crippen molar-refractivity contribution in [2.45, 2.75) is 66.5 Å². The molecular formula is C30H36N2O12. The molecule has 0 aliphatic rings. The zero-order valence-electron chi connectivity index (χ0n) is 25.7. The van der Waals surface area contributed by atoms with E-state index in [1.165, 1.54) is 0 Å². The average molecular weight is 617 g/mol. The molecule has 0 fully saturated rings. The Morgan fingerprint density at radius 2 is 0.773 bits per heavy atom. The summed E-state index contributed by atoms with van der Waals surface area (Å²) in [5.41, 5.74) is -8.94. The number of amides is 2. The van der Waals surface area contributed by atoms with Gasteiger partial charge in [0.15, 0.2) is 0 Å². The van der Waals surface area contributed by atoms with Gasteiger partial charge in [0.05, 0.1) is 35.3 Å². The predicted molar refractivity (Wildman–Crippen MR) is 157 cm³/mol. The molecule has 238 valence electrons. The van der Waals surface area contributed by atoms with Crippen molar-refractivity contribution in [2.24, 2.45) is 0 Å². The smallest absolute Gasteiger partial charge is 0.337 e. The zero-order chi connectivity index (χ0) is 34.5. The normalized spacial score (nSPS) is 12.3. The van der Waals surface area contributed by atoms with Gasteiger partial charge in [-0.3, -0.25) is 9.59 Å². The Morgan fingerprint density at radius 1 is 0.545 bits per heavy atom. The summed E-state index contributed by atoms with van der Waals surface area (Å²) in [6, 6.07) is 0. The van der Waals surface area contributed by atoms with E-state index in [4.69, 9.17) is 0 Å². The summed E-state index contributed by atoms with van der Waals surface area (Å²) in [5.74, 6) is -9.55. The van der Waals surface area contributed by atoms with Gasteiger partial charge in [0.2, 0.25) is 11.8 Å². The Morgan fingerprint density at radius 3 is 0.932 bits per heavy atom. The molecule has 1 aromatic rings. The molecule has 2 amide bonds. The van der Waals surface area contributed by atoms with Gasteiger partial charge in [-0.2, -0.15) is 0 Å². The largest absolute Gasteiger partial charge is 0.478 e. The van der Waals surface area contributed by atoms with Gasteiger partial charge < -0.3 is 39.8 Å². The molecule has 0 saturated heterocycles. The molecule has 14 heteroatoms. The second-order valence-corrected chi connectivity index (χ2v) is 11.7. The van der Waals surface area contributed by atoms with Crippen LogP contribution in [0.4, 0.5) is 0 Å². The first-order valence-corrected chi connectivity index (χ1v) is 13.1. The van der Waals surface area contributed by atoms with Crippen LogP contribution >= 0.6 is 0 Å². The minimum absolute atomic E-state index is 0.330. The van der Waals surface area contributed by atoms with Crippen LogP contribution in [0.1, 0.15) is 108 Å². The molecule has 0 aromatic heterocycles. The van der Waals surface area contributed by atoms with Gasteiger partial charge in [0, 0.05) is 33.4 Å². The van der Waals surface area contributed by atoms with Gasteiger partial charge in [-0.25, -0.2) is 19.2 Å². The number of carbonyl (C=O) groups excluding carboxylic acids is 4. The number of aldehydes is 2. The van der Waals surface area contributed by atoms with Crippen LogP contribution in [0.5, 0.6) is 0 Å². The lowest BCUT2D eigenvalue weighted by Crippen LogP contribution is -2.47. The second-order valence-electron chi connectivity index (χ2n) is 11.7. The number of carboxylic acid groups (broad SMARTS) is 4. The molecular weight excluding hydrogens is 580 g/mol. The van der Waals surface area contributed by atoms with Crippen molar-refractivity contribution in [3.63, 3.8) is 0 Å². The predicted octanol–water partition coefficient (Wildman–Crippen LogP) is 2.94. The molecule has 0 bridgehead atoms. The molecule has 0 atom stereocenters. The third-order valence-corrected chi connectivity index (χ3v) is 6.45. The number of aromatic carboxylic acids is 4. The average Bonchev–Trinajstić information content (AvgIpc) is 2.87. The van der Waals surface area contributed by atoms with Crippen molar-refractivity contribution in [2.75, 3.05) is 13.1 Å². The molecule has 0 unspecified atom stereocenters. The van der Waals surface area contributed by atoms with Gasteiger partial charge >= 0.3 is 23.9 Å². The molecule has 0 spiro atoms. The van der Waals surface area contributed by atoms with E-state index in [1.54, 1.807) is 41.5 Å². The van der Waals surface area contributed by atoms with Crippen LogP contribution in [0.2, 0.25) is 0 Å². The molecule has 14 nitrogen and oxygen atoms in total. The van der Waals surface area contributed by atoms with E-state index in [0.29, 0.717) is 12.6 Å². The fourth-order valence-corrected chi connectivity index (χ4v) is 4.42. The second kappa shape index (κ2) is 13.9. The van der Waals surface area contributed by atoms with E-state index in [2.05, 4.69) is 0 Å². The first-order chi connectivity index (χ1) is 20.0. The number of carboxylic acids is 4. The number of hydrogen-bond acceptors (Lipinski definition) is 8. The number of benzene rings is 1. The van der Waals surface area contributed by atoms with Crippen LogP contribution in [0.3, 0.4) is 0 Å². The highest BCUT2D eigenvalue weighted by Crippen LogP contribution is 2.34. The maximum Gasteiger partial charge on any atom is 0.337 e. The summed E-state index contributed by atoms with van der Waals surface area (Å²) in [5, 5.41) is 40.5. The Kier molecular flexibility index (Phi) is 11.6. The van der Waals surface area contributed by atoms with E-state index >= 15 is 0 Å². The highest BCUT2D eigenvalue weighted by molar-refractivity contribution is 6.17. The summed E-state index contributed by atoms with van der Waals surface area (Å²) in [6.45, 7) is 11.1.